The van der Waals surface area contributed by atoms with Gasteiger partial charge in [-0.1, -0.05) is 13.8 Å². The molecule has 130 valence electrons. The maximum absolute atomic E-state index is 12.3. The zero-order chi connectivity index (χ0) is 16.9. The van der Waals surface area contributed by atoms with Crippen LogP contribution in [0.25, 0.3) is 0 Å². The summed E-state index contributed by atoms with van der Waals surface area (Å²) in [6.45, 7) is 4.50. The molecule has 7 nitrogen and oxygen atoms in total. The minimum absolute atomic E-state index is 0.120. The number of ether oxygens (including phenoxy) is 1. The molecule has 2 aliphatic rings. The van der Waals surface area contributed by atoms with E-state index in [1.165, 1.54) is 4.90 Å². The number of nitroso groups, excluding NO2 is 1. The van der Waals surface area contributed by atoms with Crippen LogP contribution in [-0.4, -0.2) is 58.3 Å². The van der Waals surface area contributed by atoms with Gasteiger partial charge in [-0.2, -0.15) is 0 Å². The van der Waals surface area contributed by atoms with Crippen molar-refractivity contribution in [3.63, 3.8) is 0 Å². The Bertz CT molecular complexity index is 455. The Labute approximate surface area is 144 Å². The minimum Gasteiger partial charge on any atom is -0.449 e. The quantitative estimate of drug-likeness (QED) is 0.756. The molecule has 0 saturated carbocycles. The summed E-state index contributed by atoms with van der Waals surface area (Å²) in [7, 11) is 0. The van der Waals surface area contributed by atoms with Crippen LogP contribution in [0.1, 0.15) is 26.7 Å². The lowest BCUT2D eigenvalue weighted by atomic mass is 10.2. The first-order valence-corrected chi connectivity index (χ1v) is 9.73. The first-order valence-electron chi connectivity index (χ1n) is 7.76. The third kappa shape index (κ3) is 5.00. The van der Waals surface area contributed by atoms with Crippen LogP contribution >= 0.6 is 23.5 Å². The molecule has 0 aromatic rings. The second-order valence-corrected chi connectivity index (χ2v) is 9.33. The van der Waals surface area contributed by atoms with Gasteiger partial charge >= 0.3 is 6.09 Å². The summed E-state index contributed by atoms with van der Waals surface area (Å²) >= 11 is 3.61. The molecule has 0 aromatic carbocycles. The molecule has 0 unspecified atom stereocenters. The van der Waals surface area contributed by atoms with E-state index in [9.17, 15) is 14.5 Å². The molecule has 23 heavy (non-hydrogen) atoms. The summed E-state index contributed by atoms with van der Waals surface area (Å²) in [6.07, 6.45) is 0.468. The van der Waals surface area contributed by atoms with Crippen molar-refractivity contribution in [1.82, 2.24) is 10.2 Å². The highest BCUT2D eigenvalue weighted by Crippen LogP contribution is 2.50. The number of carbonyl (C=O) groups is 2. The first-order chi connectivity index (χ1) is 11.0. The molecular weight excluding hydrogens is 338 g/mol. The second kappa shape index (κ2) is 8.23. The minimum atomic E-state index is -0.644. The highest BCUT2D eigenvalue weighted by Gasteiger charge is 2.48. The topological polar surface area (TPSA) is 88.1 Å². The van der Waals surface area contributed by atoms with Crippen LogP contribution in [0.2, 0.25) is 0 Å². The first kappa shape index (κ1) is 18.4. The molecule has 9 heteroatoms. The Hall–Kier alpha value is -0.960. The van der Waals surface area contributed by atoms with Crippen molar-refractivity contribution in [3.05, 3.63) is 4.91 Å². The van der Waals surface area contributed by atoms with Crippen LogP contribution in [-0.2, 0) is 9.53 Å². The highest BCUT2D eigenvalue weighted by molar-refractivity contribution is 8.18. The number of hydrogen-bond donors (Lipinski definition) is 1. The van der Waals surface area contributed by atoms with Crippen molar-refractivity contribution in [3.8, 4) is 0 Å². The fraction of sp³-hybridized carbons (Fsp3) is 0.857. The molecule has 2 fully saturated rings. The van der Waals surface area contributed by atoms with Crippen LogP contribution in [0.3, 0.4) is 0 Å². The van der Waals surface area contributed by atoms with Crippen molar-refractivity contribution in [2.45, 2.75) is 36.9 Å². The molecule has 1 N–H and O–H groups in total. The van der Waals surface area contributed by atoms with Crippen molar-refractivity contribution in [2.24, 2.45) is 11.1 Å². The molecule has 2 heterocycles. The zero-order valence-corrected chi connectivity index (χ0v) is 15.1. The molecule has 0 aromatic heterocycles. The van der Waals surface area contributed by atoms with Gasteiger partial charge in [0.1, 0.15) is 6.54 Å². The van der Waals surface area contributed by atoms with Crippen molar-refractivity contribution in [2.75, 3.05) is 31.2 Å². The molecule has 2 saturated heterocycles. The van der Waals surface area contributed by atoms with Gasteiger partial charge in [0.25, 0.3) is 0 Å². The van der Waals surface area contributed by atoms with E-state index < -0.39 is 12.3 Å². The van der Waals surface area contributed by atoms with Crippen LogP contribution in [0.15, 0.2) is 5.18 Å². The van der Waals surface area contributed by atoms with E-state index in [1.54, 1.807) is 0 Å². The van der Waals surface area contributed by atoms with E-state index in [2.05, 4.69) is 10.5 Å². The summed E-state index contributed by atoms with van der Waals surface area (Å²) in [5, 5.41) is 5.55. The van der Waals surface area contributed by atoms with Crippen molar-refractivity contribution < 1.29 is 14.3 Å². The SMILES string of the molecule is CC(C)COC(=O)NCC(=O)N1CC2(C[C@H]1N=O)SCCCS2. The number of carbonyl (C=O) groups excluding carboxylic acids is 2. The van der Waals surface area contributed by atoms with Gasteiger partial charge in [0.05, 0.1) is 10.7 Å². The van der Waals surface area contributed by atoms with Gasteiger partial charge in [0.2, 0.25) is 5.91 Å². The molecule has 2 rings (SSSR count). The van der Waals surface area contributed by atoms with Gasteiger partial charge in [-0.05, 0) is 29.0 Å². The average Bonchev–Trinajstić information content (AvgIpc) is 2.89. The zero-order valence-electron chi connectivity index (χ0n) is 13.4. The number of amides is 2. The van der Waals surface area contributed by atoms with E-state index in [0.717, 1.165) is 17.9 Å². The number of thioether (sulfide) groups is 2. The molecular formula is C14H23N3O4S2. The van der Waals surface area contributed by atoms with Gasteiger partial charge < -0.3 is 15.0 Å². The fourth-order valence-electron chi connectivity index (χ4n) is 2.54. The van der Waals surface area contributed by atoms with Crippen LogP contribution < -0.4 is 5.32 Å². The summed E-state index contributed by atoms with van der Waals surface area (Å²) in [5.74, 6) is 2.03. The molecule has 0 radical (unpaired) electrons. The lowest BCUT2D eigenvalue weighted by molar-refractivity contribution is -0.130. The Morgan fingerprint density at radius 3 is 2.70 bits per heavy atom. The third-order valence-electron chi connectivity index (χ3n) is 3.66. The Morgan fingerprint density at radius 1 is 1.39 bits per heavy atom. The Morgan fingerprint density at radius 2 is 2.09 bits per heavy atom. The number of rotatable bonds is 5. The lowest BCUT2D eigenvalue weighted by Crippen LogP contribution is -2.43. The number of nitrogens with one attached hydrogen (secondary N) is 1. The molecule has 2 aliphatic heterocycles. The van der Waals surface area contributed by atoms with E-state index in [1.807, 2.05) is 37.4 Å². The molecule has 1 spiro atoms. The largest absolute Gasteiger partial charge is 0.449 e. The molecule has 1 atom stereocenters. The molecule has 0 aliphatic carbocycles. The smallest absolute Gasteiger partial charge is 0.407 e. The van der Waals surface area contributed by atoms with Gasteiger partial charge in [-0.15, -0.1) is 28.4 Å². The summed E-state index contributed by atoms with van der Waals surface area (Å²) in [6, 6.07) is 0. The van der Waals surface area contributed by atoms with Gasteiger partial charge in [-0.25, -0.2) is 4.79 Å². The predicted molar refractivity (Wildman–Crippen MR) is 92.4 cm³/mol. The number of alkyl carbamates (subject to hydrolysis) is 1. The maximum atomic E-state index is 12.3. The monoisotopic (exact) mass is 361 g/mol. The predicted octanol–water partition coefficient (Wildman–Crippen LogP) is 2.26. The van der Waals surface area contributed by atoms with Gasteiger partial charge in [0, 0.05) is 13.0 Å². The van der Waals surface area contributed by atoms with Crippen LogP contribution in [0.5, 0.6) is 0 Å². The van der Waals surface area contributed by atoms with Gasteiger partial charge in [0.15, 0.2) is 6.17 Å². The normalized spacial score (nSPS) is 23.1. The Balaban J connectivity index is 1.85. The summed E-state index contributed by atoms with van der Waals surface area (Å²) < 4.78 is 4.84. The van der Waals surface area contributed by atoms with E-state index in [0.29, 0.717) is 19.6 Å². The number of hydrogen-bond acceptors (Lipinski definition) is 7. The van der Waals surface area contributed by atoms with Crippen molar-refractivity contribution >= 4 is 35.5 Å². The molecule has 2 amide bonds. The van der Waals surface area contributed by atoms with Crippen molar-refractivity contribution in [1.29, 1.82) is 0 Å². The third-order valence-corrected chi connectivity index (χ3v) is 6.99. The van der Waals surface area contributed by atoms with Gasteiger partial charge in [-0.3, -0.25) is 4.79 Å². The van der Waals surface area contributed by atoms with E-state index in [-0.39, 0.29) is 22.4 Å². The van der Waals surface area contributed by atoms with Crippen LogP contribution in [0, 0.1) is 10.8 Å². The fourth-order valence-corrected chi connectivity index (χ4v) is 5.87. The maximum Gasteiger partial charge on any atom is 0.407 e. The molecule has 0 bridgehead atoms. The number of likely N-dealkylation sites (tertiary alicyclic amines) is 1. The van der Waals surface area contributed by atoms with E-state index in [4.69, 9.17) is 4.74 Å². The standard InChI is InChI=1S/C14H23N3O4S2/c1-10(2)8-21-13(19)15-7-12(18)17-9-14(6-11(17)16-20)22-4-3-5-23-14/h10-11H,3-9H2,1-2H3,(H,15,19)/t11-/m0/s1. The Kier molecular flexibility index (Phi) is 6.58. The van der Waals surface area contributed by atoms with E-state index >= 15 is 0 Å². The summed E-state index contributed by atoms with van der Waals surface area (Å²) in [5.41, 5.74) is 0. The summed E-state index contributed by atoms with van der Waals surface area (Å²) in [4.78, 5) is 36.4. The highest BCUT2D eigenvalue weighted by atomic mass is 32.2. The average molecular weight is 361 g/mol. The van der Waals surface area contributed by atoms with Crippen LogP contribution in [0.4, 0.5) is 4.79 Å². The lowest BCUT2D eigenvalue weighted by Gasteiger charge is -2.31. The second-order valence-electron chi connectivity index (χ2n) is 6.12. The number of nitrogens with zero attached hydrogens (tertiary/aromatic N) is 2.